The predicted octanol–water partition coefficient (Wildman–Crippen LogP) is 4.57. The first kappa shape index (κ1) is 14.2. The van der Waals surface area contributed by atoms with Gasteiger partial charge >= 0.3 is 6.18 Å². The maximum Gasteiger partial charge on any atom is 0.416 e. The highest BCUT2D eigenvalue weighted by atomic mass is 79.9. The van der Waals surface area contributed by atoms with Crippen molar-refractivity contribution in [2.45, 2.75) is 31.5 Å². The van der Waals surface area contributed by atoms with Crippen LogP contribution >= 0.6 is 15.9 Å². The fourth-order valence-electron chi connectivity index (χ4n) is 2.34. The van der Waals surface area contributed by atoms with Gasteiger partial charge in [0, 0.05) is 16.2 Å². The van der Waals surface area contributed by atoms with Crippen molar-refractivity contribution in [1.82, 2.24) is 0 Å². The lowest BCUT2D eigenvalue weighted by Gasteiger charge is -2.18. The number of benzene rings is 1. The number of rotatable bonds is 2. The lowest BCUT2D eigenvalue weighted by molar-refractivity contribution is -0.137. The summed E-state index contributed by atoms with van der Waals surface area (Å²) in [6.07, 6.45) is -1.83. The zero-order valence-electron chi connectivity index (χ0n) is 9.97. The zero-order valence-corrected chi connectivity index (χ0v) is 11.6. The summed E-state index contributed by atoms with van der Waals surface area (Å²) in [5, 5.41) is 12.0. The summed E-state index contributed by atoms with van der Waals surface area (Å²) in [7, 11) is 0. The van der Waals surface area contributed by atoms with Gasteiger partial charge in [-0.2, -0.15) is 18.4 Å². The molecule has 0 amide bonds. The molecule has 1 N–H and O–H groups in total. The van der Waals surface area contributed by atoms with E-state index >= 15 is 0 Å². The van der Waals surface area contributed by atoms with Crippen molar-refractivity contribution in [3.8, 4) is 6.07 Å². The van der Waals surface area contributed by atoms with Crippen molar-refractivity contribution in [3.63, 3.8) is 0 Å². The van der Waals surface area contributed by atoms with Crippen molar-refractivity contribution in [2.24, 2.45) is 5.92 Å². The van der Waals surface area contributed by atoms with Crippen LogP contribution in [0.25, 0.3) is 0 Å². The number of halogens is 4. The molecule has 2 unspecified atom stereocenters. The van der Waals surface area contributed by atoms with Gasteiger partial charge in [0.15, 0.2) is 0 Å². The molecule has 19 heavy (non-hydrogen) atoms. The smallest absolute Gasteiger partial charge is 0.381 e. The van der Waals surface area contributed by atoms with Crippen molar-refractivity contribution < 1.29 is 13.2 Å². The van der Waals surface area contributed by atoms with Crippen molar-refractivity contribution in [1.29, 1.82) is 5.26 Å². The third kappa shape index (κ3) is 3.41. The van der Waals surface area contributed by atoms with E-state index in [9.17, 15) is 13.2 Å². The molecule has 0 spiro atoms. The van der Waals surface area contributed by atoms with Crippen LogP contribution in [-0.2, 0) is 6.18 Å². The average Bonchev–Trinajstić information content (AvgIpc) is 2.74. The number of anilines is 1. The SMILES string of the molecule is N#CC1CCCC1Nc1cc(Br)cc(C(F)(F)F)c1. The first-order valence-electron chi connectivity index (χ1n) is 5.94. The highest BCUT2D eigenvalue weighted by Gasteiger charge is 2.32. The van der Waals surface area contributed by atoms with Gasteiger partial charge in [0.1, 0.15) is 0 Å². The quantitative estimate of drug-likeness (QED) is 0.860. The highest BCUT2D eigenvalue weighted by molar-refractivity contribution is 9.10. The topological polar surface area (TPSA) is 35.8 Å². The van der Waals surface area contributed by atoms with Crippen LogP contribution in [0.4, 0.5) is 18.9 Å². The molecule has 0 heterocycles. The van der Waals surface area contributed by atoms with E-state index < -0.39 is 11.7 Å². The minimum atomic E-state index is -4.37. The van der Waals surface area contributed by atoms with Gasteiger partial charge in [-0.1, -0.05) is 15.9 Å². The number of nitrogens with one attached hydrogen (secondary N) is 1. The Morgan fingerprint density at radius 2 is 2.00 bits per heavy atom. The van der Waals surface area contributed by atoms with E-state index in [4.69, 9.17) is 5.26 Å². The van der Waals surface area contributed by atoms with Crippen LogP contribution in [-0.4, -0.2) is 6.04 Å². The first-order valence-corrected chi connectivity index (χ1v) is 6.73. The van der Waals surface area contributed by atoms with Gasteiger partial charge in [-0.05, 0) is 37.5 Å². The van der Waals surface area contributed by atoms with Crippen LogP contribution in [0.5, 0.6) is 0 Å². The minimum Gasteiger partial charge on any atom is -0.381 e. The summed E-state index contributed by atoms with van der Waals surface area (Å²) in [4.78, 5) is 0. The van der Waals surface area contributed by atoms with Crippen LogP contribution in [0.3, 0.4) is 0 Å². The molecule has 0 aliphatic heterocycles. The first-order chi connectivity index (χ1) is 8.90. The Bertz CT molecular complexity index is 508. The van der Waals surface area contributed by atoms with Crippen molar-refractivity contribution in [3.05, 3.63) is 28.2 Å². The van der Waals surface area contributed by atoms with Gasteiger partial charge in [-0.15, -0.1) is 0 Å². The van der Waals surface area contributed by atoms with E-state index in [0.29, 0.717) is 10.2 Å². The number of nitrogens with zero attached hydrogens (tertiary/aromatic N) is 1. The zero-order chi connectivity index (χ0) is 14.0. The lowest BCUT2D eigenvalue weighted by Crippen LogP contribution is -2.23. The van der Waals surface area contributed by atoms with E-state index in [1.165, 1.54) is 0 Å². The van der Waals surface area contributed by atoms with Crippen molar-refractivity contribution >= 4 is 21.6 Å². The standard InChI is InChI=1S/C13H12BrF3N2/c14-10-4-9(13(15,16)17)5-11(6-10)19-12-3-1-2-8(12)7-18/h4-6,8,12,19H,1-3H2. The Morgan fingerprint density at radius 1 is 1.26 bits per heavy atom. The number of alkyl halides is 3. The van der Waals surface area contributed by atoms with Gasteiger partial charge in [0.25, 0.3) is 0 Å². The number of hydrogen-bond donors (Lipinski definition) is 1. The second-order valence-electron chi connectivity index (χ2n) is 4.64. The van der Waals surface area contributed by atoms with Gasteiger partial charge in [0.2, 0.25) is 0 Å². The Kier molecular flexibility index (Phi) is 4.04. The van der Waals surface area contributed by atoms with Crippen LogP contribution in [0.1, 0.15) is 24.8 Å². The summed E-state index contributed by atoms with van der Waals surface area (Å²) in [5.74, 6) is -0.131. The molecule has 0 saturated heterocycles. The van der Waals surface area contributed by atoms with E-state index in [-0.39, 0.29) is 12.0 Å². The summed E-state index contributed by atoms with van der Waals surface area (Å²) in [6, 6.07) is 5.85. The molecule has 6 heteroatoms. The normalized spacial score (nSPS) is 23.1. The molecule has 0 bridgehead atoms. The van der Waals surface area contributed by atoms with Crippen LogP contribution in [0.2, 0.25) is 0 Å². The van der Waals surface area contributed by atoms with Gasteiger partial charge < -0.3 is 5.32 Å². The van der Waals surface area contributed by atoms with Gasteiger partial charge in [0.05, 0.1) is 17.6 Å². The predicted molar refractivity (Wildman–Crippen MR) is 69.5 cm³/mol. The van der Waals surface area contributed by atoms with Crippen LogP contribution in [0.15, 0.2) is 22.7 Å². The molecule has 2 atom stereocenters. The highest BCUT2D eigenvalue weighted by Crippen LogP contribution is 2.35. The molecule has 0 aromatic heterocycles. The second-order valence-corrected chi connectivity index (χ2v) is 5.56. The summed E-state index contributed by atoms with van der Waals surface area (Å²) in [5.41, 5.74) is -0.301. The maximum absolute atomic E-state index is 12.7. The minimum absolute atomic E-state index is 0.0691. The fourth-order valence-corrected chi connectivity index (χ4v) is 2.83. The molecule has 1 saturated carbocycles. The fraction of sp³-hybridized carbons (Fsp3) is 0.462. The Morgan fingerprint density at radius 3 is 2.63 bits per heavy atom. The summed E-state index contributed by atoms with van der Waals surface area (Å²) >= 11 is 3.08. The number of nitriles is 1. The molecule has 2 rings (SSSR count). The summed E-state index contributed by atoms with van der Waals surface area (Å²) < 4.78 is 38.5. The van der Waals surface area contributed by atoms with E-state index in [2.05, 4.69) is 27.3 Å². The Balaban J connectivity index is 2.21. The lowest BCUT2D eigenvalue weighted by atomic mass is 10.1. The Hall–Kier alpha value is -1.22. The molecule has 1 aliphatic rings. The van der Waals surface area contributed by atoms with Crippen LogP contribution < -0.4 is 5.32 Å². The molecule has 0 radical (unpaired) electrons. The molecule has 102 valence electrons. The second kappa shape index (κ2) is 5.41. The van der Waals surface area contributed by atoms with E-state index in [1.54, 1.807) is 6.07 Å². The maximum atomic E-state index is 12.7. The average molecular weight is 333 g/mol. The molecular formula is C13H12BrF3N2. The largest absolute Gasteiger partial charge is 0.416 e. The third-order valence-corrected chi connectivity index (χ3v) is 3.72. The van der Waals surface area contributed by atoms with E-state index in [1.807, 2.05) is 0 Å². The molecule has 1 aliphatic carbocycles. The number of hydrogen-bond acceptors (Lipinski definition) is 2. The summed E-state index contributed by atoms with van der Waals surface area (Å²) in [6.45, 7) is 0. The third-order valence-electron chi connectivity index (χ3n) is 3.26. The van der Waals surface area contributed by atoms with Gasteiger partial charge in [-0.25, -0.2) is 0 Å². The molecule has 1 aromatic carbocycles. The van der Waals surface area contributed by atoms with Crippen LogP contribution in [0, 0.1) is 17.2 Å². The molecule has 2 nitrogen and oxygen atoms in total. The van der Waals surface area contributed by atoms with Gasteiger partial charge in [-0.3, -0.25) is 0 Å². The Labute approximate surface area is 117 Å². The molecule has 1 aromatic rings. The van der Waals surface area contributed by atoms with E-state index in [0.717, 1.165) is 31.4 Å². The molecular weight excluding hydrogens is 321 g/mol. The monoisotopic (exact) mass is 332 g/mol. The molecule has 1 fully saturated rings. The van der Waals surface area contributed by atoms with Crippen molar-refractivity contribution in [2.75, 3.05) is 5.32 Å².